The lowest BCUT2D eigenvalue weighted by atomic mass is 9.85. The molecule has 1 aromatic rings. The minimum atomic E-state index is -0.599. The molecule has 0 bridgehead atoms. The number of Topliss-reactive ketones (excluding diaryl/α,β-unsaturated/α-hetero) is 1. The fraction of sp³-hybridized carbons (Fsp3) is 0.625. The van der Waals surface area contributed by atoms with Crippen molar-refractivity contribution in [2.24, 2.45) is 5.92 Å². The lowest BCUT2D eigenvalue weighted by Crippen LogP contribution is -2.44. The van der Waals surface area contributed by atoms with Crippen LogP contribution in [0.1, 0.15) is 69.8 Å². The van der Waals surface area contributed by atoms with Crippen LogP contribution in [0.2, 0.25) is 0 Å². The largest absolute Gasteiger partial charge is 0.464 e. The second kappa shape index (κ2) is 11.1. The quantitative estimate of drug-likeness (QED) is 0.356. The Morgan fingerprint density at radius 2 is 1.72 bits per heavy atom. The average molecular weight is 400 g/mol. The molecule has 2 aliphatic rings. The molecule has 3 rings (SSSR count). The molecule has 29 heavy (non-hydrogen) atoms. The molecule has 158 valence electrons. The van der Waals surface area contributed by atoms with E-state index in [9.17, 15) is 14.4 Å². The van der Waals surface area contributed by atoms with Gasteiger partial charge in [0, 0.05) is 13.0 Å². The molecule has 5 heteroatoms. The van der Waals surface area contributed by atoms with Gasteiger partial charge in [0.1, 0.15) is 6.04 Å². The number of amides is 1. The standard InChI is InChI=1S/C24H33NO4/c26-22(16-15-20-11-5-2-6-12-20)23(27)25-17-7-14-21(25)24(28)29-18-8-13-19-9-3-1-4-10-19/h1,3-4,9-10,20-21H,2,5-8,11-18H2/t21-/m0/s1. The van der Waals surface area contributed by atoms with Gasteiger partial charge in [-0.25, -0.2) is 4.79 Å². The first-order chi connectivity index (χ1) is 14.1. The molecule has 1 aliphatic carbocycles. The first kappa shape index (κ1) is 21.5. The monoisotopic (exact) mass is 399 g/mol. The third-order valence-corrected chi connectivity index (χ3v) is 6.23. The normalized spacial score (nSPS) is 19.9. The SMILES string of the molecule is O=C(CCC1CCCCC1)C(=O)N1CCC[C@H]1C(=O)OCCCc1ccccc1. The molecule has 1 heterocycles. The molecule has 0 radical (unpaired) electrons. The van der Waals surface area contributed by atoms with Crippen molar-refractivity contribution in [2.45, 2.75) is 76.7 Å². The number of nitrogens with zero attached hydrogens (tertiary/aromatic N) is 1. The second-order valence-corrected chi connectivity index (χ2v) is 8.38. The maximum Gasteiger partial charge on any atom is 0.328 e. The van der Waals surface area contributed by atoms with E-state index >= 15 is 0 Å². The second-order valence-electron chi connectivity index (χ2n) is 8.38. The van der Waals surface area contributed by atoms with Crippen LogP contribution in [0.15, 0.2) is 30.3 Å². The summed E-state index contributed by atoms with van der Waals surface area (Å²) in [7, 11) is 0. The number of ketones is 1. The van der Waals surface area contributed by atoms with E-state index in [2.05, 4.69) is 12.1 Å². The van der Waals surface area contributed by atoms with Crippen molar-refractivity contribution in [3.05, 3.63) is 35.9 Å². The summed E-state index contributed by atoms with van der Waals surface area (Å²) >= 11 is 0. The fourth-order valence-corrected chi connectivity index (χ4v) is 4.52. The Kier molecular flexibility index (Phi) is 8.26. The molecular formula is C24H33NO4. The predicted molar refractivity (Wildman–Crippen MR) is 111 cm³/mol. The highest BCUT2D eigenvalue weighted by molar-refractivity contribution is 6.36. The Balaban J connectivity index is 1.40. The van der Waals surface area contributed by atoms with E-state index in [4.69, 9.17) is 4.74 Å². The van der Waals surface area contributed by atoms with E-state index in [-0.39, 0.29) is 11.8 Å². The smallest absolute Gasteiger partial charge is 0.328 e. The first-order valence-electron chi connectivity index (χ1n) is 11.2. The van der Waals surface area contributed by atoms with Crippen molar-refractivity contribution in [3.8, 4) is 0 Å². The molecule has 0 spiro atoms. The highest BCUT2D eigenvalue weighted by Crippen LogP contribution is 2.28. The van der Waals surface area contributed by atoms with Crippen molar-refractivity contribution >= 4 is 17.7 Å². The van der Waals surface area contributed by atoms with E-state index in [1.54, 1.807) is 0 Å². The Morgan fingerprint density at radius 1 is 0.966 bits per heavy atom. The van der Waals surface area contributed by atoms with Crippen molar-refractivity contribution in [1.29, 1.82) is 0 Å². The van der Waals surface area contributed by atoms with Gasteiger partial charge < -0.3 is 9.64 Å². The van der Waals surface area contributed by atoms with Gasteiger partial charge in [0.05, 0.1) is 6.61 Å². The molecule has 1 amide bonds. The summed E-state index contributed by atoms with van der Waals surface area (Å²) in [6, 6.07) is 9.48. The number of esters is 1. The van der Waals surface area contributed by atoms with Crippen LogP contribution in [0.4, 0.5) is 0 Å². The summed E-state index contributed by atoms with van der Waals surface area (Å²) in [4.78, 5) is 39.0. The van der Waals surface area contributed by atoms with Gasteiger partial charge in [-0.15, -0.1) is 0 Å². The van der Waals surface area contributed by atoms with E-state index in [1.165, 1.54) is 42.6 Å². The number of carbonyl (C=O) groups excluding carboxylic acids is 3. The third kappa shape index (κ3) is 6.41. The van der Waals surface area contributed by atoms with Crippen LogP contribution in [0, 0.1) is 5.92 Å². The number of rotatable bonds is 9. The first-order valence-corrected chi connectivity index (χ1v) is 11.2. The van der Waals surface area contributed by atoms with Gasteiger partial charge in [-0.05, 0) is 43.6 Å². The van der Waals surface area contributed by atoms with Crippen LogP contribution in [0.3, 0.4) is 0 Å². The van der Waals surface area contributed by atoms with Crippen LogP contribution in [-0.4, -0.2) is 41.8 Å². The Morgan fingerprint density at radius 3 is 2.48 bits per heavy atom. The van der Waals surface area contributed by atoms with Gasteiger partial charge in [0.15, 0.2) is 0 Å². The van der Waals surface area contributed by atoms with E-state index in [0.29, 0.717) is 31.9 Å². The average Bonchev–Trinajstić information content (AvgIpc) is 3.26. The van der Waals surface area contributed by atoms with Crippen LogP contribution < -0.4 is 0 Å². The summed E-state index contributed by atoms with van der Waals surface area (Å²) in [6.45, 7) is 0.805. The number of hydrogen-bond acceptors (Lipinski definition) is 4. The summed E-state index contributed by atoms with van der Waals surface area (Å²) in [5.74, 6) is -0.641. The number of hydrogen-bond donors (Lipinski definition) is 0. The topological polar surface area (TPSA) is 63.7 Å². The van der Waals surface area contributed by atoms with Crippen LogP contribution >= 0.6 is 0 Å². The van der Waals surface area contributed by atoms with Gasteiger partial charge in [0.2, 0.25) is 5.78 Å². The van der Waals surface area contributed by atoms with Gasteiger partial charge in [-0.1, -0.05) is 62.4 Å². The minimum absolute atomic E-state index is 0.304. The maximum atomic E-state index is 12.6. The fourth-order valence-electron chi connectivity index (χ4n) is 4.52. The maximum absolute atomic E-state index is 12.6. The highest BCUT2D eigenvalue weighted by atomic mass is 16.5. The van der Waals surface area contributed by atoms with Crippen molar-refractivity contribution in [1.82, 2.24) is 4.90 Å². The van der Waals surface area contributed by atoms with Gasteiger partial charge in [-0.3, -0.25) is 9.59 Å². The van der Waals surface area contributed by atoms with Crippen molar-refractivity contribution in [3.63, 3.8) is 0 Å². The zero-order chi connectivity index (χ0) is 20.5. The summed E-state index contributed by atoms with van der Waals surface area (Å²) in [5.41, 5.74) is 1.21. The number of likely N-dealkylation sites (tertiary alicyclic amines) is 1. The molecule has 0 unspecified atom stereocenters. The number of carbonyl (C=O) groups is 3. The van der Waals surface area contributed by atoms with E-state index in [0.717, 1.165) is 25.7 Å². The molecule has 0 aromatic heterocycles. The number of aryl methyl sites for hydroxylation is 1. The van der Waals surface area contributed by atoms with Gasteiger partial charge in [0.25, 0.3) is 5.91 Å². The zero-order valence-electron chi connectivity index (χ0n) is 17.3. The number of ether oxygens (including phenoxy) is 1. The van der Waals surface area contributed by atoms with E-state index in [1.807, 2.05) is 18.2 Å². The van der Waals surface area contributed by atoms with Crippen LogP contribution in [0.25, 0.3) is 0 Å². The lowest BCUT2D eigenvalue weighted by Gasteiger charge is -2.24. The van der Waals surface area contributed by atoms with Crippen molar-refractivity contribution in [2.75, 3.05) is 13.2 Å². The molecule has 2 fully saturated rings. The highest BCUT2D eigenvalue weighted by Gasteiger charge is 2.37. The minimum Gasteiger partial charge on any atom is -0.464 e. The molecule has 1 saturated heterocycles. The van der Waals surface area contributed by atoms with Crippen LogP contribution in [-0.2, 0) is 25.5 Å². The molecule has 1 aliphatic heterocycles. The van der Waals surface area contributed by atoms with Crippen LogP contribution in [0.5, 0.6) is 0 Å². The molecular weight excluding hydrogens is 366 g/mol. The Labute approximate surface area is 173 Å². The molecule has 1 atom stereocenters. The van der Waals surface area contributed by atoms with Gasteiger partial charge in [-0.2, -0.15) is 0 Å². The molecule has 1 saturated carbocycles. The molecule has 1 aromatic carbocycles. The molecule has 5 nitrogen and oxygen atoms in total. The van der Waals surface area contributed by atoms with Gasteiger partial charge >= 0.3 is 5.97 Å². The molecule has 0 N–H and O–H groups in total. The zero-order valence-corrected chi connectivity index (χ0v) is 17.3. The lowest BCUT2D eigenvalue weighted by molar-refractivity contribution is -0.155. The summed E-state index contributed by atoms with van der Waals surface area (Å²) in [6.07, 6.45) is 10.1. The predicted octanol–water partition coefficient (Wildman–Crippen LogP) is 4.08. The Hall–Kier alpha value is -2.17. The van der Waals surface area contributed by atoms with E-state index < -0.39 is 11.9 Å². The Bertz CT molecular complexity index is 681. The summed E-state index contributed by atoms with van der Waals surface area (Å²) < 4.78 is 5.42. The summed E-state index contributed by atoms with van der Waals surface area (Å²) in [5, 5.41) is 0. The third-order valence-electron chi connectivity index (χ3n) is 6.23. The van der Waals surface area contributed by atoms with Crippen molar-refractivity contribution < 1.29 is 19.1 Å². The number of benzene rings is 1.